The number of carbonyl (C=O) groups is 1. The van der Waals surface area contributed by atoms with Crippen LogP contribution in [0.1, 0.15) is 37.7 Å². The van der Waals surface area contributed by atoms with Crippen LogP contribution in [-0.2, 0) is 11.3 Å². The second-order valence-corrected chi connectivity index (χ2v) is 7.13. The highest BCUT2D eigenvalue weighted by Crippen LogP contribution is 2.41. The zero-order valence-corrected chi connectivity index (χ0v) is 14.1. The second kappa shape index (κ2) is 7.99. The molecule has 2 fully saturated rings. The predicted molar refractivity (Wildman–Crippen MR) is 92.4 cm³/mol. The number of carbonyl (C=O) groups excluding carboxylic acids is 1. The average molecular weight is 332 g/mol. The molecule has 132 valence electrons. The van der Waals surface area contributed by atoms with Crippen molar-refractivity contribution in [2.75, 3.05) is 13.2 Å². The van der Waals surface area contributed by atoms with Crippen molar-refractivity contribution in [2.24, 2.45) is 23.5 Å². The molecule has 0 aromatic heterocycles. The Morgan fingerprint density at radius 3 is 2.50 bits per heavy atom. The first kappa shape index (κ1) is 17.2. The number of fused-ring (bicyclic) bond motifs is 2. The van der Waals surface area contributed by atoms with Gasteiger partial charge in [0.2, 0.25) is 5.91 Å². The molecule has 1 aromatic carbocycles. The van der Waals surface area contributed by atoms with E-state index in [0.717, 1.165) is 24.2 Å². The molecule has 0 saturated heterocycles. The highest BCUT2D eigenvalue weighted by molar-refractivity contribution is 5.78. The van der Waals surface area contributed by atoms with E-state index in [1.165, 1.54) is 19.3 Å². The highest BCUT2D eigenvalue weighted by atomic mass is 16.5. The number of aliphatic hydroxyl groups is 1. The zero-order valence-electron chi connectivity index (χ0n) is 14.1. The maximum Gasteiger partial charge on any atom is 0.223 e. The molecule has 4 N–H and O–H groups in total. The standard InChI is InChI=1S/C19H28N2O3/c20-18-14-2-1-3-15(18)11-16(10-14)19(23)21-12-13-4-6-17(7-5-13)24-9-8-22/h4-7,14-16,18,22H,1-3,8-12,20H2,(H,21,23). The van der Waals surface area contributed by atoms with Crippen LogP contribution >= 0.6 is 0 Å². The van der Waals surface area contributed by atoms with Crippen LogP contribution in [0.15, 0.2) is 24.3 Å². The highest BCUT2D eigenvalue weighted by Gasteiger charge is 2.40. The first-order chi connectivity index (χ1) is 11.7. The molecule has 2 aliphatic rings. The van der Waals surface area contributed by atoms with E-state index in [9.17, 15) is 4.79 Å². The number of rotatable bonds is 6. The fourth-order valence-corrected chi connectivity index (χ4v) is 4.20. The van der Waals surface area contributed by atoms with Crippen LogP contribution in [0.4, 0.5) is 0 Å². The van der Waals surface area contributed by atoms with Crippen LogP contribution in [0.3, 0.4) is 0 Å². The van der Waals surface area contributed by atoms with Gasteiger partial charge in [-0.2, -0.15) is 0 Å². The van der Waals surface area contributed by atoms with E-state index in [1.807, 2.05) is 24.3 Å². The minimum atomic E-state index is 0.00480. The van der Waals surface area contributed by atoms with Crippen LogP contribution < -0.4 is 15.8 Å². The van der Waals surface area contributed by atoms with Crippen molar-refractivity contribution in [1.29, 1.82) is 0 Å². The summed E-state index contributed by atoms with van der Waals surface area (Å²) in [5.74, 6) is 2.06. The van der Waals surface area contributed by atoms with Gasteiger partial charge >= 0.3 is 0 Å². The van der Waals surface area contributed by atoms with Gasteiger partial charge in [0.05, 0.1) is 6.61 Å². The number of aliphatic hydroxyl groups excluding tert-OH is 1. The Hall–Kier alpha value is -1.59. The van der Waals surface area contributed by atoms with Gasteiger partial charge in [-0.3, -0.25) is 4.79 Å². The van der Waals surface area contributed by atoms with E-state index in [2.05, 4.69) is 5.32 Å². The molecule has 5 heteroatoms. The normalized spacial score (nSPS) is 29.1. The Morgan fingerprint density at radius 2 is 1.88 bits per heavy atom. The molecule has 2 unspecified atom stereocenters. The second-order valence-electron chi connectivity index (χ2n) is 7.13. The summed E-state index contributed by atoms with van der Waals surface area (Å²) < 4.78 is 5.33. The molecule has 0 heterocycles. The van der Waals surface area contributed by atoms with Crippen molar-refractivity contribution in [3.63, 3.8) is 0 Å². The van der Waals surface area contributed by atoms with Gasteiger partial charge in [-0.1, -0.05) is 18.6 Å². The lowest BCUT2D eigenvalue weighted by Gasteiger charge is -2.43. The van der Waals surface area contributed by atoms with Gasteiger partial charge in [0.25, 0.3) is 0 Å². The molecule has 0 spiro atoms. The molecule has 2 atom stereocenters. The van der Waals surface area contributed by atoms with Crippen LogP contribution in [0, 0.1) is 17.8 Å². The fourth-order valence-electron chi connectivity index (χ4n) is 4.20. The van der Waals surface area contributed by atoms with Gasteiger partial charge in [0, 0.05) is 18.5 Å². The van der Waals surface area contributed by atoms with Crippen LogP contribution in [0.25, 0.3) is 0 Å². The number of ether oxygens (including phenoxy) is 1. The van der Waals surface area contributed by atoms with Crippen LogP contribution in [0.5, 0.6) is 5.75 Å². The van der Waals surface area contributed by atoms with Gasteiger partial charge < -0.3 is 20.9 Å². The molecule has 0 radical (unpaired) electrons. The smallest absolute Gasteiger partial charge is 0.223 e. The SMILES string of the molecule is NC1C2CCCC1CC(C(=O)NCc1ccc(OCCO)cc1)C2. The van der Waals surface area contributed by atoms with Gasteiger partial charge in [-0.15, -0.1) is 0 Å². The Morgan fingerprint density at radius 1 is 1.21 bits per heavy atom. The number of nitrogens with one attached hydrogen (secondary N) is 1. The van der Waals surface area contributed by atoms with Crippen molar-refractivity contribution in [3.05, 3.63) is 29.8 Å². The maximum absolute atomic E-state index is 12.5. The lowest BCUT2D eigenvalue weighted by atomic mass is 9.65. The van der Waals surface area contributed by atoms with E-state index >= 15 is 0 Å². The average Bonchev–Trinajstić information content (AvgIpc) is 2.58. The number of amides is 1. The zero-order chi connectivity index (χ0) is 16.9. The Labute approximate surface area is 143 Å². The lowest BCUT2D eigenvalue weighted by molar-refractivity contribution is -0.128. The van der Waals surface area contributed by atoms with Crippen LogP contribution in [-0.4, -0.2) is 30.3 Å². The molecule has 2 aliphatic carbocycles. The number of benzene rings is 1. The Bertz CT molecular complexity index is 532. The Kier molecular flexibility index (Phi) is 5.74. The number of hydrogen-bond donors (Lipinski definition) is 3. The van der Waals surface area contributed by atoms with E-state index < -0.39 is 0 Å². The summed E-state index contributed by atoms with van der Waals surface area (Å²) in [6.45, 7) is 0.837. The van der Waals surface area contributed by atoms with Gasteiger partial charge in [-0.05, 0) is 55.2 Å². The van der Waals surface area contributed by atoms with Gasteiger partial charge in [-0.25, -0.2) is 0 Å². The third-order valence-electron chi connectivity index (χ3n) is 5.53. The molecule has 1 aromatic rings. The van der Waals surface area contributed by atoms with Crippen molar-refractivity contribution in [1.82, 2.24) is 5.32 Å². The fraction of sp³-hybridized carbons (Fsp3) is 0.632. The molecule has 5 nitrogen and oxygen atoms in total. The minimum absolute atomic E-state index is 0.00480. The van der Waals surface area contributed by atoms with Crippen LogP contribution in [0.2, 0.25) is 0 Å². The quantitative estimate of drug-likeness (QED) is 0.742. The number of hydrogen-bond acceptors (Lipinski definition) is 4. The molecule has 2 bridgehead atoms. The molecule has 1 amide bonds. The molecular weight excluding hydrogens is 304 g/mol. The largest absolute Gasteiger partial charge is 0.491 e. The van der Waals surface area contributed by atoms with E-state index in [4.69, 9.17) is 15.6 Å². The summed E-state index contributed by atoms with van der Waals surface area (Å²) >= 11 is 0. The number of nitrogens with two attached hydrogens (primary N) is 1. The molecule has 2 saturated carbocycles. The lowest BCUT2D eigenvalue weighted by Crippen LogP contribution is -2.49. The van der Waals surface area contributed by atoms with E-state index in [1.54, 1.807) is 0 Å². The van der Waals surface area contributed by atoms with Crippen molar-refractivity contribution >= 4 is 5.91 Å². The Balaban J connectivity index is 1.48. The summed E-state index contributed by atoms with van der Waals surface area (Å²) in [7, 11) is 0. The van der Waals surface area contributed by atoms with Gasteiger partial charge in [0.1, 0.15) is 12.4 Å². The third kappa shape index (κ3) is 4.08. The predicted octanol–water partition coefficient (Wildman–Crippen LogP) is 1.83. The molecule has 3 rings (SSSR count). The van der Waals surface area contributed by atoms with E-state index in [-0.39, 0.29) is 18.4 Å². The van der Waals surface area contributed by atoms with Gasteiger partial charge in [0.15, 0.2) is 0 Å². The van der Waals surface area contributed by atoms with Crippen molar-refractivity contribution < 1.29 is 14.6 Å². The summed E-state index contributed by atoms with van der Waals surface area (Å²) in [5.41, 5.74) is 7.35. The molecule has 0 aliphatic heterocycles. The molecule has 24 heavy (non-hydrogen) atoms. The minimum Gasteiger partial charge on any atom is -0.491 e. The third-order valence-corrected chi connectivity index (χ3v) is 5.53. The van der Waals surface area contributed by atoms with Crippen molar-refractivity contribution in [2.45, 2.75) is 44.7 Å². The summed E-state index contributed by atoms with van der Waals surface area (Å²) in [6, 6.07) is 7.91. The topological polar surface area (TPSA) is 84.6 Å². The first-order valence-electron chi connectivity index (χ1n) is 9.03. The summed E-state index contributed by atoms with van der Waals surface area (Å²) in [5, 5.41) is 11.8. The van der Waals surface area contributed by atoms with Crippen molar-refractivity contribution in [3.8, 4) is 5.75 Å². The monoisotopic (exact) mass is 332 g/mol. The first-order valence-corrected chi connectivity index (χ1v) is 9.03. The summed E-state index contributed by atoms with van der Waals surface area (Å²) in [6.07, 6.45) is 5.50. The summed E-state index contributed by atoms with van der Waals surface area (Å²) in [4.78, 5) is 12.5. The molecular formula is C19H28N2O3. The maximum atomic E-state index is 12.5. The van der Waals surface area contributed by atoms with E-state index in [0.29, 0.717) is 31.0 Å².